The highest BCUT2D eigenvalue weighted by molar-refractivity contribution is 6.32. The highest BCUT2D eigenvalue weighted by Crippen LogP contribution is 2.45. The van der Waals surface area contributed by atoms with Crippen LogP contribution in [0.25, 0.3) is 0 Å². The van der Waals surface area contributed by atoms with Crippen molar-refractivity contribution in [2.75, 3.05) is 0 Å². The van der Waals surface area contributed by atoms with Gasteiger partial charge in [0.25, 0.3) is 0 Å². The fourth-order valence-electron chi connectivity index (χ4n) is 1.20. The van der Waals surface area contributed by atoms with E-state index in [-0.39, 0.29) is 5.54 Å². The Morgan fingerprint density at radius 3 is 2.67 bits per heavy atom. The van der Waals surface area contributed by atoms with Crippen molar-refractivity contribution in [3.8, 4) is 0 Å². The molecule has 0 spiro atoms. The molecule has 1 saturated carbocycles. The van der Waals surface area contributed by atoms with Gasteiger partial charge in [-0.3, -0.25) is 0 Å². The van der Waals surface area contributed by atoms with Crippen LogP contribution in [0.4, 0.5) is 0 Å². The van der Waals surface area contributed by atoms with Gasteiger partial charge in [0.1, 0.15) is 5.15 Å². The van der Waals surface area contributed by atoms with E-state index in [1.165, 1.54) is 0 Å². The van der Waals surface area contributed by atoms with Crippen LogP contribution < -0.4 is 5.73 Å². The lowest BCUT2D eigenvalue weighted by Crippen LogP contribution is -2.19. The first-order chi connectivity index (χ1) is 5.62. The van der Waals surface area contributed by atoms with Gasteiger partial charge in [0.15, 0.2) is 0 Å². The summed E-state index contributed by atoms with van der Waals surface area (Å²) in [6.07, 6.45) is 3.51. The summed E-state index contributed by atoms with van der Waals surface area (Å²) in [5, 5.41) is 1.06. The van der Waals surface area contributed by atoms with Gasteiger partial charge in [-0.15, -0.1) is 0 Å². The maximum Gasteiger partial charge on any atom is 0.129 e. The number of pyridine rings is 1. The van der Waals surface area contributed by atoms with E-state index in [1.54, 1.807) is 12.3 Å². The van der Waals surface area contributed by atoms with Crippen molar-refractivity contribution in [3.05, 3.63) is 28.0 Å². The summed E-state index contributed by atoms with van der Waals surface area (Å²) >= 11 is 11.6. The third-order valence-electron chi connectivity index (χ3n) is 2.15. The summed E-state index contributed by atoms with van der Waals surface area (Å²) in [4.78, 5) is 3.86. The van der Waals surface area contributed by atoms with E-state index in [2.05, 4.69) is 4.98 Å². The van der Waals surface area contributed by atoms with Crippen molar-refractivity contribution in [2.45, 2.75) is 18.4 Å². The second kappa shape index (κ2) is 2.59. The third-order valence-corrected chi connectivity index (χ3v) is 2.65. The van der Waals surface area contributed by atoms with Gasteiger partial charge in [-0.1, -0.05) is 23.2 Å². The zero-order valence-corrected chi connectivity index (χ0v) is 7.86. The Kier molecular flexibility index (Phi) is 1.79. The van der Waals surface area contributed by atoms with Crippen LogP contribution in [0.15, 0.2) is 12.3 Å². The van der Waals surface area contributed by atoms with Crippen LogP contribution in [0, 0.1) is 0 Å². The van der Waals surface area contributed by atoms with Gasteiger partial charge in [0, 0.05) is 11.7 Å². The summed E-state index contributed by atoms with van der Waals surface area (Å²) in [6, 6.07) is 1.75. The molecule has 1 heterocycles. The van der Waals surface area contributed by atoms with E-state index >= 15 is 0 Å². The molecular formula is C8H8Cl2N2. The van der Waals surface area contributed by atoms with Crippen LogP contribution >= 0.6 is 23.2 Å². The first-order valence-electron chi connectivity index (χ1n) is 3.72. The van der Waals surface area contributed by atoms with Crippen molar-refractivity contribution in [1.29, 1.82) is 0 Å². The second-order valence-corrected chi connectivity index (χ2v) is 3.94. The Hall–Kier alpha value is -0.310. The fourth-order valence-corrected chi connectivity index (χ4v) is 1.65. The lowest BCUT2D eigenvalue weighted by Gasteiger charge is -2.10. The van der Waals surface area contributed by atoms with E-state index in [4.69, 9.17) is 28.9 Å². The maximum absolute atomic E-state index is 5.97. The van der Waals surface area contributed by atoms with Gasteiger partial charge in [0.2, 0.25) is 0 Å². The molecule has 2 N–H and O–H groups in total. The molecule has 4 heteroatoms. The molecule has 1 aromatic rings. The molecule has 1 aliphatic carbocycles. The molecule has 0 bridgehead atoms. The topological polar surface area (TPSA) is 38.9 Å². The summed E-state index contributed by atoms with van der Waals surface area (Å²) in [6.45, 7) is 0. The monoisotopic (exact) mass is 202 g/mol. The predicted molar refractivity (Wildman–Crippen MR) is 49.4 cm³/mol. The normalized spacial score (nSPS) is 19.2. The minimum Gasteiger partial charge on any atom is -0.321 e. The number of nitrogens with zero attached hydrogens (tertiary/aromatic N) is 1. The molecule has 12 heavy (non-hydrogen) atoms. The first kappa shape index (κ1) is 8.30. The number of halogens is 2. The summed E-state index contributed by atoms with van der Waals surface area (Å²) in [7, 11) is 0. The highest BCUT2D eigenvalue weighted by atomic mass is 35.5. The molecule has 1 fully saturated rings. The fraction of sp³-hybridized carbons (Fsp3) is 0.375. The molecule has 64 valence electrons. The van der Waals surface area contributed by atoms with Gasteiger partial charge in [-0.05, 0) is 24.5 Å². The van der Waals surface area contributed by atoms with Crippen molar-refractivity contribution in [2.24, 2.45) is 5.73 Å². The summed E-state index contributed by atoms with van der Waals surface area (Å²) < 4.78 is 0. The maximum atomic E-state index is 5.97. The lowest BCUT2D eigenvalue weighted by molar-refractivity contribution is 0.738. The largest absolute Gasteiger partial charge is 0.321 e. The summed E-state index contributed by atoms with van der Waals surface area (Å²) in [5.74, 6) is 0. The molecule has 0 unspecified atom stereocenters. The molecular weight excluding hydrogens is 195 g/mol. The molecule has 0 radical (unpaired) electrons. The Morgan fingerprint density at radius 2 is 2.08 bits per heavy atom. The molecule has 0 amide bonds. The van der Waals surface area contributed by atoms with Gasteiger partial charge < -0.3 is 5.73 Å². The molecule has 1 aromatic heterocycles. The average molecular weight is 203 g/mol. The average Bonchev–Trinajstić information content (AvgIpc) is 2.75. The minimum atomic E-state index is -0.232. The number of rotatable bonds is 1. The zero-order chi connectivity index (χ0) is 8.77. The molecule has 2 rings (SSSR count). The van der Waals surface area contributed by atoms with E-state index in [1.807, 2.05) is 0 Å². The van der Waals surface area contributed by atoms with Crippen LogP contribution in [0.5, 0.6) is 0 Å². The molecule has 0 saturated heterocycles. The quantitative estimate of drug-likeness (QED) is 0.711. The predicted octanol–water partition coefficient (Wildman–Crippen LogP) is 2.34. The summed E-state index contributed by atoms with van der Waals surface area (Å²) in [5.41, 5.74) is 6.65. The van der Waals surface area contributed by atoms with Gasteiger partial charge in [-0.25, -0.2) is 4.98 Å². The first-order valence-corrected chi connectivity index (χ1v) is 4.48. The molecule has 2 nitrogen and oxygen atoms in total. The number of aromatic nitrogens is 1. The number of hydrogen-bond acceptors (Lipinski definition) is 2. The van der Waals surface area contributed by atoms with E-state index in [0.717, 1.165) is 18.4 Å². The molecule has 1 aliphatic rings. The Labute approximate surface area is 80.7 Å². The van der Waals surface area contributed by atoms with E-state index in [0.29, 0.717) is 10.2 Å². The van der Waals surface area contributed by atoms with E-state index < -0.39 is 0 Å². The number of nitrogens with two attached hydrogens (primary N) is 1. The smallest absolute Gasteiger partial charge is 0.129 e. The Bertz CT molecular complexity index is 321. The third kappa shape index (κ3) is 1.30. The van der Waals surface area contributed by atoms with Gasteiger partial charge in [0.05, 0.1) is 5.02 Å². The Morgan fingerprint density at radius 1 is 1.42 bits per heavy atom. The van der Waals surface area contributed by atoms with Gasteiger partial charge in [-0.2, -0.15) is 0 Å². The Balaban J connectivity index is 2.48. The molecule has 0 aromatic carbocycles. The van der Waals surface area contributed by atoms with Crippen LogP contribution in [-0.4, -0.2) is 4.98 Å². The molecule has 0 aliphatic heterocycles. The second-order valence-electron chi connectivity index (χ2n) is 3.14. The molecule has 0 atom stereocenters. The lowest BCUT2D eigenvalue weighted by atomic mass is 10.1. The van der Waals surface area contributed by atoms with Crippen molar-refractivity contribution >= 4 is 23.2 Å². The standard InChI is InChI=1S/C8H8Cl2N2/c9-6-4-12-7(10)3-5(6)8(11)1-2-8/h3-4H,1-2,11H2. The SMILES string of the molecule is NC1(c2cc(Cl)ncc2Cl)CC1. The van der Waals surface area contributed by atoms with Gasteiger partial charge >= 0.3 is 0 Å². The van der Waals surface area contributed by atoms with E-state index in [9.17, 15) is 0 Å². The van der Waals surface area contributed by atoms with Crippen molar-refractivity contribution in [3.63, 3.8) is 0 Å². The van der Waals surface area contributed by atoms with Crippen LogP contribution in [0.3, 0.4) is 0 Å². The van der Waals surface area contributed by atoms with Crippen LogP contribution in [0.1, 0.15) is 18.4 Å². The van der Waals surface area contributed by atoms with Crippen molar-refractivity contribution in [1.82, 2.24) is 4.98 Å². The highest BCUT2D eigenvalue weighted by Gasteiger charge is 2.41. The van der Waals surface area contributed by atoms with Crippen LogP contribution in [0.2, 0.25) is 10.2 Å². The zero-order valence-electron chi connectivity index (χ0n) is 6.35. The minimum absolute atomic E-state index is 0.232. The van der Waals surface area contributed by atoms with Crippen molar-refractivity contribution < 1.29 is 0 Å². The van der Waals surface area contributed by atoms with Crippen LogP contribution in [-0.2, 0) is 5.54 Å². The number of hydrogen-bond donors (Lipinski definition) is 1.